The molecule has 1 aromatic rings. The Balaban J connectivity index is 2.71. The lowest BCUT2D eigenvalue weighted by atomic mass is 10.0. The number of ether oxygens (including phenoxy) is 1. The first kappa shape index (κ1) is 13.4. The molecule has 1 heterocycles. The molecule has 0 spiro atoms. The van der Waals surface area contributed by atoms with Gasteiger partial charge in [-0.25, -0.2) is 14.2 Å². The minimum Gasteiger partial charge on any atom is -0.467 e. The second-order valence-electron chi connectivity index (χ2n) is 4.21. The number of nitrogens with zero attached hydrogens (tertiary/aromatic N) is 1. The number of hydrogen-bond acceptors (Lipinski definition) is 4. The molecular formula is C12H17FN2O2. The van der Waals surface area contributed by atoms with E-state index in [1.165, 1.54) is 19.2 Å². The van der Waals surface area contributed by atoms with Crippen molar-refractivity contribution >= 4 is 11.8 Å². The van der Waals surface area contributed by atoms with Crippen molar-refractivity contribution in [3.05, 3.63) is 24.1 Å². The SMILES string of the molecule is COC(=O)C(CC(C)C)Nc1ccc(F)cn1. The van der Waals surface area contributed by atoms with E-state index in [2.05, 4.69) is 10.3 Å². The first-order valence-corrected chi connectivity index (χ1v) is 5.49. The van der Waals surface area contributed by atoms with Gasteiger partial charge in [0.15, 0.2) is 0 Å². The number of carbonyl (C=O) groups excluding carboxylic acids is 1. The van der Waals surface area contributed by atoms with Crippen LogP contribution < -0.4 is 5.32 Å². The molecule has 4 nitrogen and oxygen atoms in total. The van der Waals surface area contributed by atoms with E-state index in [0.717, 1.165) is 6.20 Å². The van der Waals surface area contributed by atoms with Crippen LogP contribution in [0.1, 0.15) is 20.3 Å². The predicted octanol–water partition coefficient (Wildman–Crippen LogP) is 2.22. The van der Waals surface area contributed by atoms with Crippen molar-refractivity contribution in [2.24, 2.45) is 5.92 Å². The number of carbonyl (C=O) groups is 1. The molecule has 94 valence electrons. The van der Waals surface area contributed by atoms with E-state index in [1.807, 2.05) is 13.8 Å². The van der Waals surface area contributed by atoms with E-state index in [4.69, 9.17) is 4.74 Å². The topological polar surface area (TPSA) is 51.2 Å². The third-order valence-electron chi connectivity index (χ3n) is 2.24. The van der Waals surface area contributed by atoms with Crippen LogP contribution >= 0.6 is 0 Å². The van der Waals surface area contributed by atoms with Gasteiger partial charge < -0.3 is 10.1 Å². The fraction of sp³-hybridized carbons (Fsp3) is 0.500. The fourth-order valence-corrected chi connectivity index (χ4v) is 1.47. The lowest BCUT2D eigenvalue weighted by Crippen LogP contribution is -2.32. The molecule has 1 atom stereocenters. The van der Waals surface area contributed by atoms with Gasteiger partial charge in [0.25, 0.3) is 0 Å². The summed E-state index contributed by atoms with van der Waals surface area (Å²) in [4.78, 5) is 15.4. The van der Waals surface area contributed by atoms with Gasteiger partial charge in [0.1, 0.15) is 17.7 Å². The van der Waals surface area contributed by atoms with Crippen molar-refractivity contribution in [2.45, 2.75) is 26.3 Å². The van der Waals surface area contributed by atoms with Crippen molar-refractivity contribution in [3.63, 3.8) is 0 Å². The Morgan fingerprint density at radius 3 is 2.71 bits per heavy atom. The summed E-state index contributed by atoms with van der Waals surface area (Å²) in [5.41, 5.74) is 0. The zero-order valence-corrected chi connectivity index (χ0v) is 10.2. The van der Waals surface area contributed by atoms with Crippen molar-refractivity contribution in [3.8, 4) is 0 Å². The number of halogens is 1. The van der Waals surface area contributed by atoms with Crippen LogP contribution in [0.4, 0.5) is 10.2 Å². The highest BCUT2D eigenvalue weighted by atomic mass is 19.1. The summed E-state index contributed by atoms with van der Waals surface area (Å²) in [5, 5.41) is 2.94. The van der Waals surface area contributed by atoms with Crippen LogP contribution in [-0.4, -0.2) is 24.1 Å². The lowest BCUT2D eigenvalue weighted by Gasteiger charge is -2.18. The molecule has 5 heteroatoms. The van der Waals surface area contributed by atoms with Gasteiger partial charge in [0, 0.05) is 0 Å². The van der Waals surface area contributed by atoms with Crippen LogP contribution in [0.3, 0.4) is 0 Å². The maximum atomic E-state index is 12.7. The Morgan fingerprint density at radius 1 is 1.53 bits per heavy atom. The molecule has 0 aromatic carbocycles. The zero-order valence-electron chi connectivity index (χ0n) is 10.2. The summed E-state index contributed by atoms with van der Waals surface area (Å²) in [6.45, 7) is 4.02. The minimum atomic E-state index is -0.460. The van der Waals surface area contributed by atoms with Gasteiger partial charge in [0.05, 0.1) is 13.3 Å². The molecule has 1 aromatic heterocycles. The molecular weight excluding hydrogens is 223 g/mol. The molecule has 1 unspecified atom stereocenters. The van der Waals surface area contributed by atoms with E-state index in [-0.39, 0.29) is 5.97 Å². The third kappa shape index (κ3) is 4.38. The van der Waals surface area contributed by atoms with E-state index in [0.29, 0.717) is 18.2 Å². The summed E-state index contributed by atoms with van der Waals surface area (Å²) in [5.74, 6) is 0.0494. The Morgan fingerprint density at radius 2 is 2.24 bits per heavy atom. The zero-order chi connectivity index (χ0) is 12.8. The van der Waals surface area contributed by atoms with Gasteiger partial charge in [-0.05, 0) is 24.5 Å². The van der Waals surface area contributed by atoms with Crippen molar-refractivity contribution < 1.29 is 13.9 Å². The normalized spacial score (nSPS) is 12.3. The first-order valence-electron chi connectivity index (χ1n) is 5.49. The maximum Gasteiger partial charge on any atom is 0.328 e. The second kappa shape index (κ2) is 6.18. The van der Waals surface area contributed by atoms with E-state index in [1.54, 1.807) is 0 Å². The first-order chi connectivity index (χ1) is 8.02. The van der Waals surface area contributed by atoms with Gasteiger partial charge in [-0.1, -0.05) is 13.8 Å². The highest BCUT2D eigenvalue weighted by Crippen LogP contribution is 2.12. The fourth-order valence-electron chi connectivity index (χ4n) is 1.47. The Labute approximate surface area is 100 Å². The quantitative estimate of drug-likeness (QED) is 0.802. The van der Waals surface area contributed by atoms with Gasteiger partial charge in [-0.15, -0.1) is 0 Å². The number of nitrogens with one attached hydrogen (secondary N) is 1. The number of rotatable bonds is 5. The van der Waals surface area contributed by atoms with Gasteiger partial charge in [-0.2, -0.15) is 0 Å². The molecule has 0 aliphatic heterocycles. The summed E-state index contributed by atoms with van der Waals surface area (Å²) in [7, 11) is 1.34. The van der Waals surface area contributed by atoms with Crippen molar-refractivity contribution in [1.29, 1.82) is 0 Å². The molecule has 0 aliphatic rings. The van der Waals surface area contributed by atoms with E-state index >= 15 is 0 Å². The second-order valence-corrected chi connectivity index (χ2v) is 4.21. The largest absolute Gasteiger partial charge is 0.467 e. The van der Waals surface area contributed by atoms with Crippen LogP contribution in [0.5, 0.6) is 0 Å². The van der Waals surface area contributed by atoms with Crippen LogP contribution in [0.2, 0.25) is 0 Å². The lowest BCUT2D eigenvalue weighted by molar-refractivity contribution is -0.141. The molecule has 0 saturated heterocycles. The summed E-state index contributed by atoms with van der Waals surface area (Å²) >= 11 is 0. The minimum absolute atomic E-state index is 0.340. The van der Waals surface area contributed by atoms with Crippen LogP contribution in [0, 0.1) is 11.7 Å². The molecule has 0 aliphatic carbocycles. The molecule has 1 N–H and O–H groups in total. The standard InChI is InChI=1S/C12H17FN2O2/c1-8(2)6-10(12(16)17-3)15-11-5-4-9(13)7-14-11/h4-5,7-8,10H,6H2,1-3H3,(H,14,15). The average Bonchev–Trinajstić information content (AvgIpc) is 2.29. The smallest absolute Gasteiger partial charge is 0.328 e. The number of anilines is 1. The number of aromatic nitrogens is 1. The summed E-state index contributed by atoms with van der Waals surface area (Å²) in [6, 6.07) is 2.32. The van der Waals surface area contributed by atoms with Gasteiger partial charge in [-0.3, -0.25) is 0 Å². The van der Waals surface area contributed by atoms with Crippen LogP contribution in [-0.2, 0) is 9.53 Å². The van der Waals surface area contributed by atoms with Gasteiger partial charge >= 0.3 is 5.97 Å². The molecule has 0 fully saturated rings. The number of methoxy groups -OCH3 is 1. The van der Waals surface area contributed by atoms with Crippen molar-refractivity contribution in [2.75, 3.05) is 12.4 Å². The predicted molar refractivity (Wildman–Crippen MR) is 63.1 cm³/mol. The number of pyridine rings is 1. The Hall–Kier alpha value is -1.65. The molecule has 0 bridgehead atoms. The van der Waals surface area contributed by atoms with E-state index in [9.17, 15) is 9.18 Å². The van der Waals surface area contributed by atoms with Crippen LogP contribution in [0.15, 0.2) is 18.3 Å². The molecule has 17 heavy (non-hydrogen) atoms. The monoisotopic (exact) mass is 240 g/mol. The number of esters is 1. The highest BCUT2D eigenvalue weighted by Gasteiger charge is 2.20. The molecule has 0 saturated carbocycles. The summed E-state index contributed by atoms with van der Waals surface area (Å²) < 4.78 is 17.4. The van der Waals surface area contributed by atoms with Crippen LogP contribution in [0.25, 0.3) is 0 Å². The summed E-state index contributed by atoms with van der Waals surface area (Å²) in [6.07, 6.45) is 1.73. The molecule has 0 radical (unpaired) electrons. The molecule has 0 amide bonds. The Kier molecular flexibility index (Phi) is 4.87. The average molecular weight is 240 g/mol. The highest BCUT2D eigenvalue weighted by molar-refractivity contribution is 5.78. The van der Waals surface area contributed by atoms with E-state index < -0.39 is 11.9 Å². The number of hydrogen-bond donors (Lipinski definition) is 1. The maximum absolute atomic E-state index is 12.7. The van der Waals surface area contributed by atoms with Crippen molar-refractivity contribution in [1.82, 2.24) is 4.98 Å². The molecule has 1 rings (SSSR count). The Bertz CT molecular complexity index is 365. The third-order valence-corrected chi connectivity index (χ3v) is 2.24. The van der Waals surface area contributed by atoms with Gasteiger partial charge in [0.2, 0.25) is 0 Å².